The average Bonchev–Trinajstić information content (AvgIpc) is 2.76. The van der Waals surface area contributed by atoms with Crippen molar-refractivity contribution >= 4 is 14.4 Å². The van der Waals surface area contributed by atoms with E-state index in [-0.39, 0.29) is 24.1 Å². The predicted octanol–water partition coefficient (Wildman–Crippen LogP) is 4.44. The Bertz CT molecular complexity index is 541. The zero-order chi connectivity index (χ0) is 19.6. The number of ether oxygens (including phenoxy) is 1. The number of hydrogen-bond acceptors (Lipinski definition) is 4. The first-order valence-corrected chi connectivity index (χ1v) is 11.5. The summed E-state index contributed by atoms with van der Waals surface area (Å²) >= 11 is 0. The summed E-state index contributed by atoms with van der Waals surface area (Å²) in [7, 11) is -2.16. The smallest absolute Gasteiger partial charge is 0.409 e. The van der Waals surface area contributed by atoms with Gasteiger partial charge in [-0.25, -0.2) is 4.79 Å². The van der Waals surface area contributed by atoms with Crippen LogP contribution < -0.4 is 0 Å². The number of amides is 1. The van der Waals surface area contributed by atoms with E-state index in [1.165, 1.54) is 4.90 Å². The van der Waals surface area contributed by atoms with E-state index in [4.69, 9.17) is 14.7 Å². The van der Waals surface area contributed by atoms with Gasteiger partial charge in [0.25, 0.3) is 0 Å². The van der Waals surface area contributed by atoms with Gasteiger partial charge < -0.3 is 14.3 Å². The molecule has 0 radical (unpaired) electrons. The van der Waals surface area contributed by atoms with E-state index in [0.717, 1.165) is 0 Å². The molecule has 0 aromatic rings. The summed E-state index contributed by atoms with van der Waals surface area (Å²) < 4.78 is 12.3. The molecule has 1 aliphatic heterocycles. The van der Waals surface area contributed by atoms with Crippen LogP contribution in [-0.4, -0.2) is 55.4 Å². The summed E-state index contributed by atoms with van der Waals surface area (Å²) in [5.41, 5.74) is 7.73. The van der Waals surface area contributed by atoms with Gasteiger partial charge in [-0.15, -0.1) is 0 Å². The van der Waals surface area contributed by atoms with Crippen molar-refractivity contribution in [1.29, 1.82) is 0 Å². The molecular weight excluding hydrogens is 340 g/mol. The van der Waals surface area contributed by atoms with Crippen LogP contribution in [0, 0.1) is 5.92 Å². The first-order valence-electron chi connectivity index (χ1n) is 8.59. The van der Waals surface area contributed by atoms with E-state index in [0.29, 0.717) is 0 Å². The fourth-order valence-corrected chi connectivity index (χ4v) is 4.23. The van der Waals surface area contributed by atoms with Crippen LogP contribution in [0.2, 0.25) is 18.1 Å². The standard InChI is InChI=1S/C16H32N4O4Si/c1-11(9-18-19-17)13(24-25(7,8)15(2,3)4)12-10-23-16(5,6)20(12)14(21)22/h11-13H,9-10H2,1-8H3,(H,21,22)/t11?,12-,13?/m1/s1. The lowest BCUT2D eigenvalue weighted by atomic mass is 9.97. The van der Waals surface area contributed by atoms with Crippen LogP contribution in [0.4, 0.5) is 4.79 Å². The second kappa shape index (κ2) is 7.53. The fourth-order valence-electron chi connectivity index (χ4n) is 2.81. The Morgan fingerprint density at radius 3 is 2.52 bits per heavy atom. The summed E-state index contributed by atoms with van der Waals surface area (Å²) in [6.45, 7) is 16.6. The minimum absolute atomic E-state index is 0.0213. The van der Waals surface area contributed by atoms with Gasteiger partial charge in [0.1, 0.15) is 5.72 Å². The lowest BCUT2D eigenvalue weighted by Crippen LogP contribution is -2.57. The largest absolute Gasteiger partial charge is 0.465 e. The van der Waals surface area contributed by atoms with Gasteiger partial charge in [-0.2, -0.15) is 0 Å². The van der Waals surface area contributed by atoms with Crippen LogP contribution in [0.3, 0.4) is 0 Å². The van der Waals surface area contributed by atoms with Crippen LogP contribution in [0.25, 0.3) is 10.4 Å². The average molecular weight is 373 g/mol. The van der Waals surface area contributed by atoms with Gasteiger partial charge in [-0.1, -0.05) is 32.8 Å². The monoisotopic (exact) mass is 372 g/mol. The maximum atomic E-state index is 11.9. The molecule has 0 bridgehead atoms. The highest BCUT2D eigenvalue weighted by molar-refractivity contribution is 6.74. The summed E-state index contributed by atoms with van der Waals surface area (Å²) in [5.74, 6) is -0.130. The van der Waals surface area contributed by atoms with Crippen molar-refractivity contribution in [2.45, 2.75) is 77.5 Å². The van der Waals surface area contributed by atoms with Gasteiger partial charge in [0, 0.05) is 11.5 Å². The Morgan fingerprint density at radius 1 is 1.52 bits per heavy atom. The quantitative estimate of drug-likeness (QED) is 0.322. The third-order valence-electron chi connectivity index (χ3n) is 5.34. The van der Waals surface area contributed by atoms with Crippen LogP contribution in [-0.2, 0) is 9.16 Å². The van der Waals surface area contributed by atoms with E-state index in [2.05, 4.69) is 43.9 Å². The molecule has 1 heterocycles. The van der Waals surface area contributed by atoms with E-state index in [1.807, 2.05) is 6.92 Å². The normalized spacial score (nSPS) is 23.0. The Kier molecular flexibility index (Phi) is 6.55. The lowest BCUT2D eigenvalue weighted by Gasteiger charge is -2.44. The third kappa shape index (κ3) is 4.88. The summed E-state index contributed by atoms with van der Waals surface area (Å²) in [5, 5.41) is 13.4. The highest BCUT2D eigenvalue weighted by Gasteiger charge is 2.51. The second-order valence-electron chi connectivity index (χ2n) is 8.71. The van der Waals surface area contributed by atoms with Crippen LogP contribution in [0.5, 0.6) is 0 Å². The molecule has 1 N–H and O–H groups in total. The molecule has 8 nitrogen and oxygen atoms in total. The zero-order valence-corrected chi connectivity index (χ0v) is 17.6. The number of azide groups is 1. The first kappa shape index (κ1) is 21.8. The molecule has 1 amide bonds. The van der Waals surface area contributed by atoms with Gasteiger partial charge >= 0.3 is 6.09 Å². The molecule has 144 valence electrons. The number of nitrogens with zero attached hydrogens (tertiary/aromatic N) is 4. The molecule has 2 unspecified atom stereocenters. The molecule has 0 aromatic heterocycles. The highest BCUT2D eigenvalue weighted by atomic mass is 28.4. The maximum absolute atomic E-state index is 11.9. The molecule has 1 aliphatic rings. The Balaban J connectivity index is 3.23. The summed E-state index contributed by atoms with van der Waals surface area (Å²) in [6, 6.07) is -0.439. The molecule has 0 aromatic carbocycles. The lowest BCUT2D eigenvalue weighted by molar-refractivity contribution is -0.0479. The Hall–Kier alpha value is -1.28. The van der Waals surface area contributed by atoms with E-state index >= 15 is 0 Å². The zero-order valence-electron chi connectivity index (χ0n) is 16.6. The van der Waals surface area contributed by atoms with Crippen molar-refractivity contribution in [1.82, 2.24) is 4.90 Å². The minimum Gasteiger partial charge on any atom is -0.465 e. The highest BCUT2D eigenvalue weighted by Crippen LogP contribution is 2.40. The molecular formula is C16H32N4O4Si. The first-order chi connectivity index (χ1) is 11.2. The van der Waals surface area contributed by atoms with Crippen molar-refractivity contribution < 1.29 is 19.1 Å². The third-order valence-corrected chi connectivity index (χ3v) is 9.81. The van der Waals surface area contributed by atoms with Crippen LogP contribution in [0.15, 0.2) is 5.11 Å². The number of carboxylic acid groups (broad SMARTS) is 1. The number of carbonyl (C=O) groups is 1. The summed E-state index contributed by atoms with van der Waals surface area (Å²) in [6.07, 6.45) is -1.43. The minimum atomic E-state index is -2.16. The van der Waals surface area contributed by atoms with Crippen LogP contribution >= 0.6 is 0 Å². The van der Waals surface area contributed by atoms with E-state index < -0.39 is 32.3 Å². The molecule has 25 heavy (non-hydrogen) atoms. The SMILES string of the molecule is CC(CN=[N+]=[N-])C(O[Si](C)(C)C(C)(C)C)[C@H]1COC(C)(C)N1C(=O)O. The Labute approximate surface area is 151 Å². The number of rotatable bonds is 6. The van der Waals surface area contributed by atoms with Gasteiger partial charge in [0.2, 0.25) is 0 Å². The van der Waals surface area contributed by atoms with Gasteiger partial charge in [0.05, 0.1) is 18.8 Å². The van der Waals surface area contributed by atoms with Crippen molar-refractivity contribution in [3.8, 4) is 0 Å². The van der Waals surface area contributed by atoms with Gasteiger partial charge in [0.15, 0.2) is 8.32 Å². The van der Waals surface area contributed by atoms with Crippen molar-refractivity contribution in [3.05, 3.63) is 10.4 Å². The van der Waals surface area contributed by atoms with Gasteiger partial charge in [-0.05, 0) is 43.4 Å². The maximum Gasteiger partial charge on any atom is 0.409 e. The van der Waals surface area contributed by atoms with E-state index in [9.17, 15) is 9.90 Å². The molecule has 3 atom stereocenters. The molecule has 0 spiro atoms. The second-order valence-corrected chi connectivity index (χ2v) is 13.5. The van der Waals surface area contributed by atoms with E-state index in [1.54, 1.807) is 13.8 Å². The molecule has 1 saturated heterocycles. The molecule has 1 rings (SSSR count). The van der Waals surface area contributed by atoms with Crippen molar-refractivity contribution in [2.75, 3.05) is 13.2 Å². The van der Waals surface area contributed by atoms with Crippen LogP contribution in [0.1, 0.15) is 41.5 Å². The van der Waals surface area contributed by atoms with Gasteiger partial charge in [-0.3, -0.25) is 4.90 Å². The number of hydrogen-bond donors (Lipinski definition) is 1. The Morgan fingerprint density at radius 2 is 2.08 bits per heavy atom. The fraction of sp³-hybridized carbons (Fsp3) is 0.938. The summed E-state index contributed by atoms with van der Waals surface area (Å²) in [4.78, 5) is 16.0. The molecule has 0 saturated carbocycles. The van der Waals surface area contributed by atoms with Crippen molar-refractivity contribution in [2.24, 2.45) is 11.0 Å². The van der Waals surface area contributed by atoms with Crippen molar-refractivity contribution in [3.63, 3.8) is 0 Å². The molecule has 1 fully saturated rings. The molecule has 0 aliphatic carbocycles. The molecule has 9 heteroatoms. The predicted molar refractivity (Wildman–Crippen MR) is 98.9 cm³/mol. The topological polar surface area (TPSA) is 108 Å².